The zero-order valence-corrected chi connectivity index (χ0v) is 32.2. The lowest BCUT2D eigenvalue weighted by molar-refractivity contribution is -0.142. The maximum absolute atomic E-state index is 14.8. The summed E-state index contributed by atoms with van der Waals surface area (Å²) in [5, 5.41) is 5.08. The van der Waals surface area contributed by atoms with Crippen molar-refractivity contribution in [1.29, 1.82) is 0 Å². The summed E-state index contributed by atoms with van der Waals surface area (Å²) in [6, 6.07) is 3.05. The normalized spacial score (nSPS) is 31.8. The van der Waals surface area contributed by atoms with Gasteiger partial charge >= 0.3 is 6.09 Å². The van der Waals surface area contributed by atoms with Crippen LogP contribution in [0, 0.1) is 17.8 Å². The second-order valence-electron chi connectivity index (χ2n) is 16.3. The number of aromatic nitrogens is 2. The summed E-state index contributed by atoms with van der Waals surface area (Å²) in [7, 11) is -3.92. The topological polar surface area (TPSA) is 195 Å². The molecule has 2 aromatic rings. The van der Waals surface area contributed by atoms with Crippen molar-refractivity contribution in [2.24, 2.45) is 17.8 Å². The maximum Gasteiger partial charge on any atom is 0.408 e. The Hall–Kier alpha value is -4.73. The summed E-state index contributed by atoms with van der Waals surface area (Å²) in [4.78, 5) is 76.4. The Bertz CT molecular complexity index is 2110. The summed E-state index contributed by atoms with van der Waals surface area (Å²) in [6.07, 6.45) is 13.8. The van der Waals surface area contributed by atoms with E-state index < -0.39 is 68.7 Å². The number of ether oxygens (including phenoxy) is 2. The minimum atomic E-state index is -3.92. The number of carbonyl (C=O) groups excluding carboxylic acids is 4. The molecule has 56 heavy (non-hydrogen) atoms. The van der Waals surface area contributed by atoms with Crippen molar-refractivity contribution in [2.75, 3.05) is 6.54 Å². The molecule has 0 aromatic carbocycles. The minimum absolute atomic E-state index is 0.0227. The van der Waals surface area contributed by atoms with Gasteiger partial charge in [-0.2, -0.15) is 4.98 Å². The molecule has 4 heterocycles. The molecule has 15 nitrogen and oxygen atoms in total. The quantitative estimate of drug-likeness (QED) is 0.351. The van der Waals surface area contributed by atoms with Crippen LogP contribution in [0.4, 0.5) is 4.79 Å². The molecule has 2 aromatic heterocycles. The van der Waals surface area contributed by atoms with E-state index in [1.54, 1.807) is 24.4 Å². The molecular formula is C40H50N6O9S. The van der Waals surface area contributed by atoms with Crippen LogP contribution in [0.25, 0.3) is 5.65 Å². The van der Waals surface area contributed by atoms with Crippen LogP contribution in [-0.2, 0) is 35.6 Å². The van der Waals surface area contributed by atoms with Crippen LogP contribution < -0.4 is 25.7 Å². The molecule has 4 saturated carbocycles. The summed E-state index contributed by atoms with van der Waals surface area (Å²) in [5.74, 6) is -2.48. The van der Waals surface area contributed by atoms with Gasteiger partial charge in [0.25, 0.3) is 11.5 Å². The lowest BCUT2D eigenvalue weighted by Gasteiger charge is -2.32. The standard InChI is InChI=1S/C40H50N6O9S/c1-2-26-22-40(26,38(50)44-56(52,53)28-18-19-28)43-34(47)30-21-27-23-46(30)37(49)33(25-12-6-7-13-25)42-39(51)55-31-16-10-14-24(31)11-4-3-5-15-29-35(54-27)41-32-17-8-9-20-45(32)36(29)48/h2-3,5,8-9,17,20,24-28,30-31,33H,1,4,6-7,10-16,18-19,21-23H2,(H,42,51)(H,43,47)(H,44,50)/b5-3+/t24-,26-,27-,30+,31-,33+,40+/m1/s1. The Morgan fingerprint density at radius 2 is 1.77 bits per heavy atom. The molecular weight excluding hydrogens is 741 g/mol. The molecule has 2 aliphatic heterocycles. The van der Waals surface area contributed by atoms with Crippen LogP contribution >= 0.6 is 0 Å². The van der Waals surface area contributed by atoms with Crippen molar-refractivity contribution in [3.8, 4) is 5.88 Å². The molecule has 1 saturated heterocycles. The largest absolute Gasteiger partial charge is 0.472 e. The number of sulfonamides is 1. The lowest BCUT2D eigenvalue weighted by atomic mass is 9.96. The second kappa shape index (κ2) is 15.3. The van der Waals surface area contributed by atoms with Gasteiger partial charge in [-0.1, -0.05) is 37.1 Å². The molecule has 0 unspecified atom stereocenters. The zero-order valence-electron chi connectivity index (χ0n) is 31.4. The smallest absolute Gasteiger partial charge is 0.408 e. The van der Waals surface area contributed by atoms with Crippen molar-refractivity contribution < 1.29 is 37.1 Å². The molecule has 7 atom stereocenters. The van der Waals surface area contributed by atoms with E-state index in [0.717, 1.165) is 44.9 Å². The fourth-order valence-corrected chi connectivity index (χ4v) is 10.6. The molecule has 16 heteroatoms. The average Bonchev–Trinajstić information content (AvgIpc) is 3.96. The van der Waals surface area contributed by atoms with E-state index in [4.69, 9.17) is 14.5 Å². The number of nitrogens with one attached hydrogen (secondary N) is 3. The highest BCUT2D eigenvalue weighted by atomic mass is 32.2. The highest BCUT2D eigenvalue weighted by Gasteiger charge is 2.62. The van der Waals surface area contributed by atoms with Gasteiger partial charge in [0.1, 0.15) is 35.5 Å². The monoisotopic (exact) mass is 790 g/mol. The van der Waals surface area contributed by atoms with Gasteiger partial charge in [0, 0.05) is 25.0 Å². The number of amides is 4. The van der Waals surface area contributed by atoms with Crippen molar-refractivity contribution >= 4 is 39.5 Å². The van der Waals surface area contributed by atoms with Crippen molar-refractivity contribution in [2.45, 2.75) is 125 Å². The third kappa shape index (κ3) is 7.55. The fraction of sp³-hybridized carbons (Fsp3) is 0.600. The van der Waals surface area contributed by atoms with Gasteiger partial charge in [-0.25, -0.2) is 13.2 Å². The van der Waals surface area contributed by atoms with E-state index in [-0.39, 0.29) is 55.2 Å². The van der Waals surface area contributed by atoms with Gasteiger partial charge in [0.05, 0.1) is 17.4 Å². The van der Waals surface area contributed by atoms with Crippen LogP contribution in [-0.4, -0.2) is 88.1 Å². The maximum atomic E-state index is 14.8. The fourth-order valence-electron chi connectivity index (χ4n) is 9.20. The molecule has 2 bridgehead atoms. The van der Waals surface area contributed by atoms with E-state index in [9.17, 15) is 32.4 Å². The van der Waals surface area contributed by atoms with Crippen LogP contribution in [0.15, 0.2) is 54.0 Å². The number of fused-ring (bicyclic) bond motifs is 5. The first kappa shape index (κ1) is 38.2. The molecule has 6 aliphatic rings. The Morgan fingerprint density at radius 3 is 2.52 bits per heavy atom. The van der Waals surface area contributed by atoms with E-state index in [1.807, 2.05) is 12.2 Å². The van der Waals surface area contributed by atoms with Gasteiger partial charge in [-0.15, -0.1) is 6.58 Å². The number of hydrogen-bond acceptors (Lipinski definition) is 10. The van der Waals surface area contributed by atoms with Crippen LogP contribution in [0.3, 0.4) is 0 Å². The molecule has 0 spiro atoms. The first-order valence-electron chi connectivity index (χ1n) is 20.1. The summed E-state index contributed by atoms with van der Waals surface area (Å²) in [5.41, 5.74) is -1.16. The first-order valence-corrected chi connectivity index (χ1v) is 21.6. The van der Waals surface area contributed by atoms with E-state index in [0.29, 0.717) is 36.9 Å². The molecule has 300 valence electrons. The van der Waals surface area contributed by atoms with E-state index in [1.165, 1.54) is 15.4 Å². The highest BCUT2D eigenvalue weighted by Crippen LogP contribution is 2.45. The number of nitrogens with zero attached hydrogens (tertiary/aromatic N) is 3. The van der Waals surface area contributed by atoms with Crippen molar-refractivity contribution in [3.63, 3.8) is 0 Å². The van der Waals surface area contributed by atoms with Gasteiger partial charge in [0.15, 0.2) is 0 Å². The molecule has 3 N–H and O–H groups in total. The highest BCUT2D eigenvalue weighted by molar-refractivity contribution is 7.91. The molecule has 5 fully saturated rings. The second-order valence-corrected chi connectivity index (χ2v) is 18.3. The number of rotatable bonds is 7. The number of carbonyl (C=O) groups is 4. The Morgan fingerprint density at radius 1 is 0.982 bits per heavy atom. The number of pyridine rings is 1. The number of allylic oxidation sites excluding steroid dienone is 2. The molecule has 8 rings (SSSR count). The molecule has 0 radical (unpaired) electrons. The Balaban J connectivity index is 1.14. The summed E-state index contributed by atoms with van der Waals surface area (Å²) < 4.78 is 41.7. The predicted molar refractivity (Wildman–Crippen MR) is 204 cm³/mol. The summed E-state index contributed by atoms with van der Waals surface area (Å²) >= 11 is 0. The van der Waals surface area contributed by atoms with Gasteiger partial charge in [-0.3, -0.25) is 28.3 Å². The van der Waals surface area contributed by atoms with Crippen LogP contribution in [0.2, 0.25) is 0 Å². The third-order valence-electron chi connectivity index (χ3n) is 12.6. The predicted octanol–water partition coefficient (Wildman–Crippen LogP) is 3.06. The average molecular weight is 791 g/mol. The first-order chi connectivity index (χ1) is 27.0. The number of hydrogen-bond donors (Lipinski definition) is 3. The van der Waals surface area contributed by atoms with Gasteiger partial charge in [-0.05, 0) is 88.2 Å². The van der Waals surface area contributed by atoms with Crippen molar-refractivity contribution in [1.82, 2.24) is 29.6 Å². The van der Waals surface area contributed by atoms with Gasteiger partial charge < -0.3 is 25.0 Å². The summed E-state index contributed by atoms with van der Waals surface area (Å²) in [6.45, 7) is 3.72. The number of alkyl carbamates (subject to hydrolysis) is 1. The lowest BCUT2D eigenvalue weighted by Crippen LogP contribution is -2.59. The molecule has 4 aliphatic carbocycles. The zero-order chi connectivity index (χ0) is 39.2. The Labute approximate surface area is 325 Å². The Kier molecular flexibility index (Phi) is 10.4. The SMILES string of the molecule is C=C[C@@H]1C[C@@]1(NC(=O)[C@@H]1C[C@@H]2CN1C(=O)[C@H](C1CCCC1)NC(=O)O[C@@H]1CCC[C@H]1CC/C=C/Cc1c(nc3ccccn3c1=O)O2)C(=O)NS(=O)(=O)C1CC1. The van der Waals surface area contributed by atoms with Crippen LogP contribution in [0.5, 0.6) is 5.88 Å². The van der Waals surface area contributed by atoms with E-state index in [2.05, 4.69) is 21.9 Å². The third-order valence-corrected chi connectivity index (χ3v) is 14.4. The molecule has 4 amide bonds. The minimum Gasteiger partial charge on any atom is -0.472 e. The van der Waals surface area contributed by atoms with Crippen LogP contribution in [0.1, 0.15) is 89.0 Å². The van der Waals surface area contributed by atoms with Crippen molar-refractivity contribution in [3.05, 3.63) is 65.1 Å². The van der Waals surface area contributed by atoms with Gasteiger partial charge in [0.2, 0.25) is 27.7 Å². The van der Waals surface area contributed by atoms with E-state index >= 15 is 0 Å².